The first kappa shape index (κ1) is 20.6. The standard InChI is InChI=1S/C22H31ClN4O2/c1-4-26-9-10-27(14(2)13-26)19-12-18-17(11-16(19)23)24-21(25-18)20(29)22(3)7-5-15(28)6-8-22/h11-12,14-15,28H,4-10,13H2,1-3H3,(H,24,25)/t14-,15?,22?/m1/s1. The van der Waals surface area contributed by atoms with Gasteiger partial charge < -0.3 is 15.0 Å². The first-order valence-electron chi connectivity index (χ1n) is 10.7. The fourth-order valence-electron chi connectivity index (χ4n) is 4.78. The smallest absolute Gasteiger partial charge is 0.203 e. The van der Waals surface area contributed by atoms with Crippen LogP contribution in [0, 0.1) is 5.41 Å². The molecule has 29 heavy (non-hydrogen) atoms. The summed E-state index contributed by atoms with van der Waals surface area (Å²) in [5, 5.41) is 10.5. The molecule has 2 aliphatic rings. The summed E-state index contributed by atoms with van der Waals surface area (Å²) in [4.78, 5) is 25.8. The molecule has 1 saturated heterocycles. The number of aromatic nitrogens is 2. The first-order valence-corrected chi connectivity index (χ1v) is 11.1. The molecule has 2 heterocycles. The zero-order chi connectivity index (χ0) is 20.8. The summed E-state index contributed by atoms with van der Waals surface area (Å²) < 4.78 is 0. The molecular weight excluding hydrogens is 388 g/mol. The van der Waals surface area contributed by atoms with Gasteiger partial charge in [-0.2, -0.15) is 0 Å². The fraction of sp³-hybridized carbons (Fsp3) is 0.636. The Hall–Kier alpha value is -1.63. The molecule has 2 aromatic rings. The zero-order valence-corrected chi connectivity index (χ0v) is 18.3. The van der Waals surface area contributed by atoms with E-state index in [1.165, 1.54) is 0 Å². The van der Waals surface area contributed by atoms with Gasteiger partial charge in [0.15, 0.2) is 5.82 Å². The molecule has 1 aromatic carbocycles. The molecular formula is C22H31ClN4O2. The Morgan fingerprint density at radius 2 is 2.07 bits per heavy atom. The van der Waals surface area contributed by atoms with Gasteiger partial charge in [0.1, 0.15) is 0 Å². The van der Waals surface area contributed by atoms with E-state index in [4.69, 9.17) is 11.6 Å². The molecule has 0 unspecified atom stereocenters. The highest BCUT2D eigenvalue weighted by Crippen LogP contribution is 2.39. The number of Topliss-reactive ketones (excluding diaryl/α,β-unsaturated/α-hetero) is 1. The van der Waals surface area contributed by atoms with Gasteiger partial charge in [-0.05, 0) is 51.3 Å². The number of anilines is 1. The third-order valence-electron chi connectivity index (χ3n) is 6.84. The van der Waals surface area contributed by atoms with Gasteiger partial charge in [-0.25, -0.2) is 4.98 Å². The highest BCUT2D eigenvalue weighted by Gasteiger charge is 2.39. The molecule has 1 aromatic heterocycles. The molecule has 0 amide bonds. The summed E-state index contributed by atoms with van der Waals surface area (Å²) in [5.41, 5.74) is 2.09. The minimum Gasteiger partial charge on any atom is -0.393 e. The molecule has 2 N–H and O–H groups in total. The topological polar surface area (TPSA) is 72.5 Å². The number of nitrogens with zero attached hydrogens (tertiary/aromatic N) is 3. The number of carbonyl (C=O) groups excluding carboxylic acids is 1. The predicted octanol–water partition coefficient (Wildman–Crippen LogP) is 3.87. The Morgan fingerprint density at radius 3 is 2.72 bits per heavy atom. The van der Waals surface area contributed by atoms with E-state index in [0.29, 0.717) is 42.6 Å². The van der Waals surface area contributed by atoms with Crippen LogP contribution >= 0.6 is 11.6 Å². The molecule has 0 radical (unpaired) electrons. The first-order chi connectivity index (χ1) is 13.8. The minimum atomic E-state index is -0.468. The Balaban J connectivity index is 1.61. The lowest BCUT2D eigenvalue weighted by atomic mass is 9.71. The van der Waals surface area contributed by atoms with Crippen molar-refractivity contribution in [3.8, 4) is 0 Å². The summed E-state index contributed by atoms with van der Waals surface area (Å²) in [6.07, 6.45) is 2.42. The van der Waals surface area contributed by atoms with E-state index >= 15 is 0 Å². The number of hydrogen-bond donors (Lipinski definition) is 2. The number of carbonyl (C=O) groups is 1. The van der Waals surface area contributed by atoms with Crippen molar-refractivity contribution in [1.82, 2.24) is 14.9 Å². The van der Waals surface area contributed by atoms with Crippen LogP contribution in [-0.4, -0.2) is 64.1 Å². The molecule has 1 saturated carbocycles. The van der Waals surface area contributed by atoms with Gasteiger partial charge in [0.05, 0.1) is 27.8 Å². The van der Waals surface area contributed by atoms with Crippen LogP contribution in [0.15, 0.2) is 12.1 Å². The van der Waals surface area contributed by atoms with E-state index in [1.54, 1.807) is 0 Å². The average molecular weight is 419 g/mol. The van der Waals surface area contributed by atoms with Crippen molar-refractivity contribution in [1.29, 1.82) is 0 Å². The van der Waals surface area contributed by atoms with E-state index in [2.05, 4.69) is 33.6 Å². The van der Waals surface area contributed by atoms with Gasteiger partial charge in [0.25, 0.3) is 0 Å². The van der Waals surface area contributed by atoms with Crippen LogP contribution < -0.4 is 4.90 Å². The van der Waals surface area contributed by atoms with Crippen LogP contribution in [0.3, 0.4) is 0 Å². The molecule has 6 nitrogen and oxygen atoms in total. The van der Waals surface area contributed by atoms with Crippen LogP contribution in [0.2, 0.25) is 5.02 Å². The van der Waals surface area contributed by atoms with E-state index in [1.807, 2.05) is 19.1 Å². The van der Waals surface area contributed by atoms with Crippen molar-refractivity contribution < 1.29 is 9.90 Å². The molecule has 158 valence electrons. The van der Waals surface area contributed by atoms with E-state index in [0.717, 1.165) is 42.9 Å². The van der Waals surface area contributed by atoms with E-state index < -0.39 is 5.41 Å². The summed E-state index contributed by atoms with van der Waals surface area (Å²) in [5.74, 6) is 0.430. The number of nitrogens with one attached hydrogen (secondary N) is 1. The number of piperazine rings is 1. The quantitative estimate of drug-likeness (QED) is 0.737. The van der Waals surface area contributed by atoms with Crippen LogP contribution in [0.5, 0.6) is 0 Å². The molecule has 1 aliphatic heterocycles. The highest BCUT2D eigenvalue weighted by atomic mass is 35.5. The maximum Gasteiger partial charge on any atom is 0.203 e. The SMILES string of the molecule is CCN1CCN(c2cc3nc(C(=O)C4(C)CCC(O)CC4)[nH]c3cc2Cl)[C@H](C)C1. The van der Waals surface area contributed by atoms with Crippen LogP contribution in [0.25, 0.3) is 11.0 Å². The third-order valence-corrected chi connectivity index (χ3v) is 7.14. The van der Waals surface area contributed by atoms with Crippen molar-refractivity contribution in [3.05, 3.63) is 23.0 Å². The Morgan fingerprint density at radius 1 is 1.34 bits per heavy atom. The molecule has 4 rings (SSSR count). The monoisotopic (exact) mass is 418 g/mol. The normalized spacial score (nSPS) is 28.8. The van der Waals surface area contributed by atoms with Gasteiger partial charge in [0.2, 0.25) is 5.78 Å². The summed E-state index contributed by atoms with van der Waals surface area (Å²) in [7, 11) is 0. The minimum absolute atomic E-state index is 0.0307. The second-order valence-electron chi connectivity index (χ2n) is 8.96. The number of imidazole rings is 1. The van der Waals surface area contributed by atoms with Crippen molar-refractivity contribution in [2.45, 2.75) is 58.6 Å². The van der Waals surface area contributed by atoms with Crippen molar-refractivity contribution in [2.75, 3.05) is 31.1 Å². The lowest BCUT2D eigenvalue weighted by Gasteiger charge is -2.41. The van der Waals surface area contributed by atoms with Gasteiger partial charge in [-0.1, -0.05) is 25.4 Å². The largest absolute Gasteiger partial charge is 0.393 e. The van der Waals surface area contributed by atoms with E-state index in [9.17, 15) is 9.90 Å². The number of fused-ring (bicyclic) bond motifs is 1. The van der Waals surface area contributed by atoms with Gasteiger partial charge >= 0.3 is 0 Å². The van der Waals surface area contributed by atoms with Crippen LogP contribution in [0.4, 0.5) is 5.69 Å². The predicted molar refractivity (Wildman–Crippen MR) is 117 cm³/mol. The van der Waals surface area contributed by atoms with Crippen molar-refractivity contribution in [2.24, 2.45) is 5.41 Å². The fourth-order valence-corrected chi connectivity index (χ4v) is 5.05. The molecule has 1 atom stereocenters. The number of halogens is 1. The van der Waals surface area contributed by atoms with Crippen LogP contribution in [0.1, 0.15) is 57.1 Å². The molecule has 2 fully saturated rings. The number of aliphatic hydroxyl groups excluding tert-OH is 1. The number of aliphatic hydroxyl groups is 1. The number of H-pyrrole nitrogens is 1. The Bertz CT molecular complexity index is 904. The maximum atomic E-state index is 13.2. The molecule has 0 bridgehead atoms. The van der Waals surface area contributed by atoms with Gasteiger partial charge in [0, 0.05) is 31.1 Å². The lowest BCUT2D eigenvalue weighted by molar-refractivity contribution is 0.0523. The number of hydrogen-bond acceptors (Lipinski definition) is 5. The number of rotatable bonds is 4. The second-order valence-corrected chi connectivity index (χ2v) is 9.37. The average Bonchev–Trinajstić information content (AvgIpc) is 3.11. The van der Waals surface area contributed by atoms with Gasteiger partial charge in [-0.15, -0.1) is 0 Å². The van der Waals surface area contributed by atoms with Crippen LogP contribution in [-0.2, 0) is 0 Å². The second kappa shape index (κ2) is 7.89. The highest BCUT2D eigenvalue weighted by molar-refractivity contribution is 6.34. The summed E-state index contributed by atoms with van der Waals surface area (Å²) in [6.45, 7) is 10.4. The van der Waals surface area contributed by atoms with E-state index in [-0.39, 0.29) is 11.9 Å². The zero-order valence-electron chi connectivity index (χ0n) is 17.5. The van der Waals surface area contributed by atoms with Gasteiger partial charge in [-0.3, -0.25) is 9.69 Å². The number of aromatic amines is 1. The molecule has 1 aliphatic carbocycles. The summed E-state index contributed by atoms with van der Waals surface area (Å²) in [6, 6.07) is 4.27. The number of benzene rings is 1. The Labute approximate surface area is 177 Å². The lowest BCUT2D eigenvalue weighted by Crippen LogP contribution is -2.51. The summed E-state index contributed by atoms with van der Waals surface area (Å²) >= 11 is 6.64. The van der Waals surface area contributed by atoms with Crippen molar-refractivity contribution in [3.63, 3.8) is 0 Å². The number of likely N-dealkylation sites (N-methyl/N-ethyl adjacent to an activating group) is 1. The molecule has 0 spiro atoms. The third kappa shape index (κ3) is 3.90. The number of ketones is 1. The Kier molecular flexibility index (Phi) is 5.62. The molecule has 7 heteroatoms. The maximum absolute atomic E-state index is 13.2. The van der Waals surface area contributed by atoms with Crippen molar-refractivity contribution >= 4 is 34.1 Å².